The zero-order valence-electron chi connectivity index (χ0n) is 18.0. The van der Waals surface area contributed by atoms with Crippen LogP contribution in [0, 0.1) is 5.92 Å². The molecule has 0 bridgehead atoms. The van der Waals surface area contributed by atoms with Crippen molar-refractivity contribution < 1.29 is 14.3 Å². The van der Waals surface area contributed by atoms with Gasteiger partial charge in [0.15, 0.2) is 0 Å². The van der Waals surface area contributed by atoms with E-state index >= 15 is 0 Å². The van der Waals surface area contributed by atoms with E-state index in [1.165, 1.54) is 0 Å². The topological polar surface area (TPSA) is 49.9 Å². The molecule has 1 fully saturated rings. The van der Waals surface area contributed by atoms with Crippen LogP contribution >= 0.6 is 0 Å². The highest BCUT2D eigenvalue weighted by atomic mass is 16.6. The van der Waals surface area contributed by atoms with Crippen LogP contribution in [0.25, 0.3) is 0 Å². The van der Waals surface area contributed by atoms with E-state index in [1.54, 1.807) is 4.90 Å². The fraction of sp³-hybridized carbons (Fsp3) is 0.440. The number of rotatable bonds is 7. The maximum atomic E-state index is 12.7. The molecule has 5 heteroatoms. The van der Waals surface area contributed by atoms with Crippen molar-refractivity contribution in [1.29, 1.82) is 0 Å². The molecule has 1 heterocycles. The van der Waals surface area contributed by atoms with Crippen LogP contribution in [0.15, 0.2) is 60.7 Å². The maximum absolute atomic E-state index is 12.7. The molecule has 0 radical (unpaired) electrons. The normalized spacial score (nSPS) is 17.3. The highest BCUT2D eigenvalue weighted by Gasteiger charge is 2.29. The van der Waals surface area contributed by atoms with Crippen LogP contribution in [0.2, 0.25) is 0 Å². The minimum absolute atomic E-state index is 0.0130. The molecule has 0 saturated carbocycles. The number of nitrogens with zero attached hydrogens (tertiary/aromatic N) is 2. The van der Waals surface area contributed by atoms with Crippen molar-refractivity contribution in [2.24, 2.45) is 5.92 Å². The summed E-state index contributed by atoms with van der Waals surface area (Å²) < 4.78 is 5.51. The lowest BCUT2D eigenvalue weighted by molar-refractivity contribution is -0.134. The molecule has 30 heavy (non-hydrogen) atoms. The van der Waals surface area contributed by atoms with Crippen LogP contribution < -0.4 is 0 Å². The third-order valence-electron chi connectivity index (χ3n) is 5.81. The monoisotopic (exact) mass is 408 g/mol. The Hall–Kier alpha value is -2.82. The number of piperidine rings is 1. The van der Waals surface area contributed by atoms with Crippen molar-refractivity contribution in [2.75, 3.05) is 19.6 Å². The molecular formula is C25H32N2O3. The van der Waals surface area contributed by atoms with Crippen LogP contribution in [0.3, 0.4) is 0 Å². The second-order valence-corrected chi connectivity index (χ2v) is 7.98. The quantitative estimate of drug-likeness (QED) is 0.645. The number of likely N-dealkylation sites (tertiary alicyclic amines) is 1. The summed E-state index contributed by atoms with van der Waals surface area (Å²) in [6, 6.07) is 19.9. The van der Waals surface area contributed by atoms with Gasteiger partial charge in [0.2, 0.25) is 5.91 Å². The summed E-state index contributed by atoms with van der Waals surface area (Å²) >= 11 is 0. The van der Waals surface area contributed by atoms with Crippen LogP contribution in [0.4, 0.5) is 4.79 Å². The number of hydrogen-bond donors (Lipinski definition) is 0. The third-order valence-corrected chi connectivity index (χ3v) is 5.81. The van der Waals surface area contributed by atoms with Crippen molar-refractivity contribution in [2.45, 2.75) is 45.8 Å². The van der Waals surface area contributed by atoms with Crippen LogP contribution in [0.1, 0.15) is 50.3 Å². The van der Waals surface area contributed by atoms with Gasteiger partial charge in [-0.1, -0.05) is 67.6 Å². The van der Waals surface area contributed by atoms with Gasteiger partial charge in [-0.3, -0.25) is 4.79 Å². The number of carbonyl (C=O) groups excluding carboxylic acids is 2. The van der Waals surface area contributed by atoms with Crippen molar-refractivity contribution in [3.8, 4) is 0 Å². The fourth-order valence-corrected chi connectivity index (χ4v) is 4.06. The first kappa shape index (κ1) is 21.9. The molecule has 5 nitrogen and oxygen atoms in total. The molecule has 160 valence electrons. The Morgan fingerprint density at radius 3 is 2.43 bits per heavy atom. The second-order valence-electron chi connectivity index (χ2n) is 7.98. The highest BCUT2D eigenvalue weighted by molar-refractivity contribution is 5.76. The summed E-state index contributed by atoms with van der Waals surface area (Å²) in [4.78, 5) is 29.0. The van der Waals surface area contributed by atoms with E-state index in [0.717, 1.165) is 24.0 Å². The summed E-state index contributed by atoms with van der Waals surface area (Å²) in [5.74, 6) is 0.403. The first-order valence-corrected chi connectivity index (χ1v) is 10.9. The fourth-order valence-electron chi connectivity index (χ4n) is 4.06. The summed E-state index contributed by atoms with van der Waals surface area (Å²) in [6.45, 7) is 6.26. The Morgan fingerprint density at radius 2 is 1.77 bits per heavy atom. The van der Waals surface area contributed by atoms with E-state index in [0.29, 0.717) is 26.1 Å². The average molecular weight is 409 g/mol. The lowest BCUT2D eigenvalue weighted by Crippen LogP contribution is -2.45. The average Bonchev–Trinajstić information content (AvgIpc) is 2.81. The molecule has 2 unspecified atom stereocenters. The first-order valence-electron chi connectivity index (χ1n) is 10.9. The van der Waals surface area contributed by atoms with Gasteiger partial charge in [0.25, 0.3) is 0 Å². The molecule has 2 aromatic carbocycles. The van der Waals surface area contributed by atoms with Gasteiger partial charge in [0, 0.05) is 26.1 Å². The third kappa shape index (κ3) is 5.85. The molecule has 0 aliphatic carbocycles. The van der Waals surface area contributed by atoms with Crippen molar-refractivity contribution in [3.63, 3.8) is 0 Å². The molecule has 0 N–H and O–H groups in total. The van der Waals surface area contributed by atoms with E-state index in [4.69, 9.17) is 4.74 Å². The number of ether oxygens (including phenoxy) is 1. The van der Waals surface area contributed by atoms with E-state index in [2.05, 4.69) is 19.1 Å². The molecular weight excluding hydrogens is 376 g/mol. The summed E-state index contributed by atoms with van der Waals surface area (Å²) in [6.07, 6.45) is 2.15. The van der Waals surface area contributed by atoms with E-state index < -0.39 is 0 Å². The lowest BCUT2D eigenvalue weighted by atomic mass is 9.96. The summed E-state index contributed by atoms with van der Waals surface area (Å²) in [5, 5.41) is 0. The molecule has 1 saturated heterocycles. The molecule has 1 aliphatic rings. The summed E-state index contributed by atoms with van der Waals surface area (Å²) in [7, 11) is 0. The number of hydrogen-bond acceptors (Lipinski definition) is 3. The molecule has 2 atom stereocenters. The smallest absolute Gasteiger partial charge is 0.410 e. The van der Waals surface area contributed by atoms with Crippen LogP contribution in [0.5, 0.6) is 0 Å². The van der Waals surface area contributed by atoms with E-state index in [-0.39, 0.29) is 30.6 Å². The van der Waals surface area contributed by atoms with Gasteiger partial charge in [-0.25, -0.2) is 4.79 Å². The molecule has 0 aromatic heterocycles. The van der Waals surface area contributed by atoms with E-state index in [1.807, 2.05) is 60.4 Å². The SMILES string of the molecule is CCC(=O)N(CC1CCCN(C(=O)OCc2ccccc2)C1)C(C)c1ccccc1. The molecule has 3 rings (SSSR count). The predicted molar refractivity (Wildman–Crippen MR) is 118 cm³/mol. The molecule has 2 aromatic rings. The Morgan fingerprint density at radius 1 is 1.10 bits per heavy atom. The highest BCUT2D eigenvalue weighted by Crippen LogP contribution is 2.26. The van der Waals surface area contributed by atoms with Crippen molar-refractivity contribution >= 4 is 12.0 Å². The largest absolute Gasteiger partial charge is 0.445 e. The van der Waals surface area contributed by atoms with Crippen molar-refractivity contribution in [3.05, 3.63) is 71.8 Å². The second kappa shape index (κ2) is 10.8. The predicted octanol–water partition coefficient (Wildman–Crippen LogP) is 5.04. The van der Waals surface area contributed by atoms with Gasteiger partial charge in [-0.15, -0.1) is 0 Å². The van der Waals surface area contributed by atoms with Gasteiger partial charge < -0.3 is 14.5 Å². The van der Waals surface area contributed by atoms with Crippen LogP contribution in [-0.2, 0) is 16.1 Å². The number of benzene rings is 2. The Kier molecular flexibility index (Phi) is 7.89. The zero-order valence-corrected chi connectivity index (χ0v) is 18.0. The number of amides is 2. The Labute approximate surface area is 179 Å². The first-order chi connectivity index (χ1) is 14.6. The minimum atomic E-state index is -0.270. The Bertz CT molecular complexity index is 810. The lowest BCUT2D eigenvalue weighted by Gasteiger charge is -2.37. The summed E-state index contributed by atoms with van der Waals surface area (Å²) in [5.41, 5.74) is 2.12. The van der Waals surface area contributed by atoms with Crippen LogP contribution in [-0.4, -0.2) is 41.4 Å². The molecule has 2 amide bonds. The van der Waals surface area contributed by atoms with Gasteiger partial charge >= 0.3 is 6.09 Å². The van der Waals surface area contributed by atoms with Gasteiger partial charge in [-0.05, 0) is 36.8 Å². The van der Waals surface area contributed by atoms with Gasteiger partial charge in [0.1, 0.15) is 6.61 Å². The van der Waals surface area contributed by atoms with Gasteiger partial charge in [0.05, 0.1) is 6.04 Å². The molecule has 0 spiro atoms. The maximum Gasteiger partial charge on any atom is 0.410 e. The minimum Gasteiger partial charge on any atom is -0.445 e. The standard InChI is InChI=1S/C25H32N2O3/c1-3-24(28)27(20(2)23-14-8-5-9-15-23)18-22-13-10-16-26(17-22)25(29)30-19-21-11-6-4-7-12-21/h4-9,11-12,14-15,20,22H,3,10,13,16-19H2,1-2H3. The van der Waals surface area contributed by atoms with Crippen molar-refractivity contribution in [1.82, 2.24) is 9.80 Å². The molecule has 1 aliphatic heterocycles. The van der Waals surface area contributed by atoms with E-state index in [9.17, 15) is 9.59 Å². The Balaban J connectivity index is 1.60. The number of carbonyl (C=O) groups is 2. The zero-order chi connectivity index (χ0) is 21.3. The van der Waals surface area contributed by atoms with Gasteiger partial charge in [-0.2, -0.15) is 0 Å².